The minimum atomic E-state index is 0.260. The fourth-order valence-corrected chi connectivity index (χ4v) is 5.23. The summed E-state index contributed by atoms with van der Waals surface area (Å²) in [5, 5.41) is 7.09. The quantitative estimate of drug-likeness (QED) is 0.348. The molecule has 1 aliphatic carbocycles. The zero-order valence-corrected chi connectivity index (χ0v) is 19.9. The topological polar surface area (TPSA) is 58.1 Å². The van der Waals surface area contributed by atoms with Crippen molar-refractivity contribution in [1.29, 1.82) is 0 Å². The molecule has 32 heavy (non-hydrogen) atoms. The van der Waals surface area contributed by atoms with Crippen molar-refractivity contribution in [1.82, 2.24) is 15.5 Å². The summed E-state index contributed by atoms with van der Waals surface area (Å²) in [5.74, 6) is 1.70. The zero-order valence-electron chi connectivity index (χ0n) is 19.9. The average Bonchev–Trinajstić information content (AvgIpc) is 3.33. The monoisotopic (exact) mass is 442 g/mol. The number of nitrogens with one attached hydrogen (secondary N) is 2. The summed E-state index contributed by atoms with van der Waals surface area (Å²) >= 11 is 0. The first-order chi connectivity index (χ1) is 15.8. The van der Waals surface area contributed by atoms with E-state index in [0.29, 0.717) is 6.04 Å². The van der Waals surface area contributed by atoms with Gasteiger partial charge in [-0.1, -0.05) is 24.3 Å². The van der Waals surface area contributed by atoms with Crippen LogP contribution < -0.4 is 10.6 Å². The van der Waals surface area contributed by atoms with Gasteiger partial charge in [0.15, 0.2) is 5.96 Å². The second kappa shape index (κ2) is 12.6. The Bertz CT molecular complexity index is 712. The number of nitrogens with zero attached hydrogens (tertiary/aromatic N) is 2. The van der Waals surface area contributed by atoms with Gasteiger partial charge in [0, 0.05) is 52.0 Å². The van der Waals surface area contributed by atoms with Gasteiger partial charge in [-0.25, -0.2) is 0 Å². The first-order valence-electron chi connectivity index (χ1n) is 12.9. The molecule has 0 saturated carbocycles. The van der Waals surface area contributed by atoms with E-state index in [2.05, 4.69) is 46.7 Å². The Kier molecular flexibility index (Phi) is 9.24. The molecule has 0 amide bonds. The fraction of sp³-hybridized carbons (Fsp3) is 0.731. The smallest absolute Gasteiger partial charge is 0.191 e. The molecule has 4 rings (SSSR count). The van der Waals surface area contributed by atoms with Gasteiger partial charge in [-0.2, -0.15) is 0 Å². The third-order valence-corrected chi connectivity index (χ3v) is 7.02. The summed E-state index contributed by atoms with van der Waals surface area (Å²) in [6.45, 7) is 10.0. The van der Waals surface area contributed by atoms with Crippen molar-refractivity contribution in [3.63, 3.8) is 0 Å². The highest BCUT2D eigenvalue weighted by Crippen LogP contribution is 2.32. The lowest BCUT2D eigenvalue weighted by atomic mass is 9.89. The van der Waals surface area contributed by atoms with Gasteiger partial charge in [0.1, 0.15) is 0 Å². The highest BCUT2D eigenvalue weighted by molar-refractivity contribution is 5.80. The van der Waals surface area contributed by atoms with Crippen LogP contribution in [-0.2, 0) is 15.9 Å². The van der Waals surface area contributed by atoms with Crippen LogP contribution in [0.2, 0.25) is 0 Å². The van der Waals surface area contributed by atoms with Crippen molar-refractivity contribution in [3.8, 4) is 0 Å². The number of ether oxygens (including phenoxy) is 2. The van der Waals surface area contributed by atoms with E-state index >= 15 is 0 Å². The van der Waals surface area contributed by atoms with E-state index in [1.165, 1.54) is 62.9 Å². The van der Waals surface area contributed by atoms with Crippen LogP contribution in [0, 0.1) is 5.92 Å². The molecule has 0 radical (unpaired) electrons. The summed E-state index contributed by atoms with van der Waals surface area (Å²) < 4.78 is 11.8. The maximum atomic E-state index is 6.24. The molecule has 2 saturated heterocycles. The average molecular weight is 443 g/mol. The number of rotatable bonds is 9. The lowest BCUT2D eigenvalue weighted by molar-refractivity contribution is 0.0402. The van der Waals surface area contributed by atoms with Gasteiger partial charge in [0.05, 0.1) is 12.7 Å². The predicted molar refractivity (Wildman–Crippen MR) is 130 cm³/mol. The van der Waals surface area contributed by atoms with Crippen LogP contribution in [0.15, 0.2) is 29.3 Å². The predicted octanol–water partition coefficient (Wildman–Crippen LogP) is 3.53. The summed E-state index contributed by atoms with van der Waals surface area (Å²) in [6, 6.07) is 9.26. The minimum absolute atomic E-state index is 0.260. The Labute approximate surface area is 194 Å². The Hall–Kier alpha value is -1.63. The lowest BCUT2D eigenvalue weighted by Gasteiger charge is -2.34. The van der Waals surface area contributed by atoms with Crippen molar-refractivity contribution in [2.24, 2.45) is 10.9 Å². The number of guanidine groups is 1. The van der Waals surface area contributed by atoms with Crippen LogP contribution in [0.4, 0.5) is 0 Å². The van der Waals surface area contributed by atoms with E-state index < -0.39 is 0 Å². The third kappa shape index (κ3) is 6.93. The van der Waals surface area contributed by atoms with Crippen LogP contribution in [-0.4, -0.2) is 69.4 Å². The van der Waals surface area contributed by atoms with Crippen LogP contribution in [0.3, 0.4) is 0 Å². The largest absolute Gasteiger partial charge is 0.381 e. The molecule has 2 aliphatic heterocycles. The molecule has 2 fully saturated rings. The molecule has 1 aromatic rings. The number of aliphatic imine (C=N–C) groups is 1. The van der Waals surface area contributed by atoms with Gasteiger partial charge in [0.2, 0.25) is 0 Å². The van der Waals surface area contributed by atoms with Crippen molar-refractivity contribution in [2.45, 2.75) is 64.0 Å². The van der Waals surface area contributed by atoms with E-state index in [-0.39, 0.29) is 6.10 Å². The van der Waals surface area contributed by atoms with E-state index in [1.54, 1.807) is 0 Å². The summed E-state index contributed by atoms with van der Waals surface area (Å²) in [7, 11) is 0. The molecule has 2 unspecified atom stereocenters. The second-order valence-electron chi connectivity index (χ2n) is 9.51. The third-order valence-electron chi connectivity index (χ3n) is 7.02. The maximum absolute atomic E-state index is 6.24. The molecule has 6 nitrogen and oxygen atoms in total. The van der Waals surface area contributed by atoms with Crippen molar-refractivity contribution >= 4 is 5.96 Å². The maximum Gasteiger partial charge on any atom is 0.191 e. The van der Waals surface area contributed by atoms with Crippen LogP contribution in [0.5, 0.6) is 0 Å². The molecule has 0 spiro atoms. The van der Waals surface area contributed by atoms with Gasteiger partial charge < -0.3 is 25.0 Å². The number of likely N-dealkylation sites (tertiary alicyclic amines) is 1. The number of benzene rings is 1. The SMILES string of the molecule is CCNC(=NCCCOC1CCCc2ccccc21)NC1CCN(CC2CCOC2)CC1. The number of piperidine rings is 1. The van der Waals surface area contributed by atoms with Crippen LogP contribution in [0.25, 0.3) is 0 Å². The first kappa shape index (κ1) is 23.5. The number of hydrogen-bond acceptors (Lipinski definition) is 4. The van der Waals surface area contributed by atoms with Gasteiger partial charge in [-0.15, -0.1) is 0 Å². The molecule has 2 N–H and O–H groups in total. The number of aryl methyl sites for hydroxylation is 1. The molecule has 0 aromatic heterocycles. The Morgan fingerprint density at radius 1 is 1.19 bits per heavy atom. The number of fused-ring (bicyclic) bond motifs is 1. The van der Waals surface area contributed by atoms with Crippen molar-refractivity contribution in [3.05, 3.63) is 35.4 Å². The molecule has 3 aliphatic rings. The van der Waals surface area contributed by atoms with Gasteiger partial charge in [0.25, 0.3) is 0 Å². The van der Waals surface area contributed by atoms with E-state index in [0.717, 1.165) is 57.6 Å². The Morgan fingerprint density at radius 3 is 2.88 bits per heavy atom. The normalized spacial score (nSPS) is 25.0. The molecule has 0 bridgehead atoms. The van der Waals surface area contributed by atoms with E-state index in [1.807, 2.05) is 0 Å². The Morgan fingerprint density at radius 2 is 2.06 bits per heavy atom. The molecular weight excluding hydrogens is 400 g/mol. The fourth-order valence-electron chi connectivity index (χ4n) is 5.23. The highest BCUT2D eigenvalue weighted by atomic mass is 16.5. The highest BCUT2D eigenvalue weighted by Gasteiger charge is 2.24. The number of hydrogen-bond donors (Lipinski definition) is 2. The molecule has 178 valence electrons. The van der Waals surface area contributed by atoms with Gasteiger partial charge >= 0.3 is 0 Å². The van der Waals surface area contributed by atoms with Crippen LogP contribution >= 0.6 is 0 Å². The molecule has 1 aromatic carbocycles. The molecule has 2 heterocycles. The zero-order chi connectivity index (χ0) is 22.0. The summed E-state index contributed by atoms with van der Waals surface area (Å²) in [6.07, 6.45) is 8.36. The lowest BCUT2D eigenvalue weighted by Crippen LogP contribution is -2.49. The summed E-state index contributed by atoms with van der Waals surface area (Å²) in [4.78, 5) is 7.43. The first-order valence-corrected chi connectivity index (χ1v) is 12.9. The Balaban J connectivity index is 1.15. The molecule has 2 atom stereocenters. The van der Waals surface area contributed by atoms with Gasteiger partial charge in [-0.05, 0) is 68.9 Å². The molecular formula is C26H42N4O2. The van der Waals surface area contributed by atoms with Crippen LogP contribution in [0.1, 0.15) is 62.7 Å². The second-order valence-corrected chi connectivity index (χ2v) is 9.51. The molecule has 6 heteroatoms. The van der Waals surface area contributed by atoms with E-state index in [4.69, 9.17) is 14.5 Å². The van der Waals surface area contributed by atoms with E-state index in [9.17, 15) is 0 Å². The van der Waals surface area contributed by atoms with Gasteiger partial charge in [-0.3, -0.25) is 4.99 Å². The standard InChI is InChI=1S/C26H42N4O2/c1-2-27-26(29-23-11-15-30(16-12-23)19-21-13-18-31-20-21)28-14-6-17-32-25-10-5-8-22-7-3-4-9-24(22)25/h3-4,7,9,21,23,25H,2,5-6,8,10-20H2,1H3,(H2,27,28,29). The van der Waals surface area contributed by atoms with Crippen molar-refractivity contribution < 1.29 is 9.47 Å². The van der Waals surface area contributed by atoms with Crippen molar-refractivity contribution in [2.75, 3.05) is 52.5 Å². The summed E-state index contributed by atoms with van der Waals surface area (Å²) in [5.41, 5.74) is 2.85. The minimum Gasteiger partial charge on any atom is -0.381 e.